The third-order valence-corrected chi connectivity index (χ3v) is 5.81. The summed E-state index contributed by atoms with van der Waals surface area (Å²) >= 11 is 6.20. The van der Waals surface area contributed by atoms with Gasteiger partial charge in [0.15, 0.2) is 0 Å². The number of carbonyl (C=O) groups is 1. The van der Waals surface area contributed by atoms with Crippen LogP contribution in [-0.2, 0) is 4.79 Å². The lowest BCUT2D eigenvalue weighted by molar-refractivity contribution is -0.117. The summed E-state index contributed by atoms with van der Waals surface area (Å²) in [6.45, 7) is 6.44. The minimum atomic E-state index is -0.330. The molecule has 0 saturated carbocycles. The number of ether oxygens (including phenoxy) is 1. The van der Waals surface area contributed by atoms with E-state index in [-0.39, 0.29) is 11.5 Å². The van der Waals surface area contributed by atoms with Crippen molar-refractivity contribution in [1.82, 2.24) is 10.6 Å². The Kier molecular flexibility index (Phi) is 7.51. The zero-order valence-corrected chi connectivity index (χ0v) is 18.1. The summed E-state index contributed by atoms with van der Waals surface area (Å²) in [5.74, 6) is 1.52. The highest BCUT2D eigenvalue weighted by Gasteiger charge is 2.15. The normalized spacial score (nSPS) is 14.8. The van der Waals surface area contributed by atoms with Gasteiger partial charge in [-0.2, -0.15) is 5.26 Å². The fourth-order valence-corrected chi connectivity index (χ4v) is 3.58. The molecule has 1 aliphatic heterocycles. The van der Waals surface area contributed by atoms with E-state index in [0.29, 0.717) is 24.0 Å². The van der Waals surface area contributed by atoms with Gasteiger partial charge in [0.2, 0.25) is 0 Å². The van der Waals surface area contributed by atoms with Gasteiger partial charge >= 0.3 is 0 Å². The topological polar surface area (TPSA) is 74.1 Å². The summed E-state index contributed by atoms with van der Waals surface area (Å²) in [6.07, 6.45) is 3.68. The SMILES string of the molecule is Cc1cc(Oc2ccc(/C=C(\C#N)C(=O)NCC3CCNCC3)cc2)cc(C)c1Cl. The number of nitrogens with one attached hydrogen (secondary N) is 2. The Morgan fingerprint density at radius 3 is 2.43 bits per heavy atom. The summed E-state index contributed by atoms with van der Waals surface area (Å²) < 4.78 is 5.91. The Labute approximate surface area is 182 Å². The van der Waals surface area contributed by atoms with Crippen LogP contribution >= 0.6 is 11.6 Å². The largest absolute Gasteiger partial charge is 0.457 e. The maximum Gasteiger partial charge on any atom is 0.261 e. The molecule has 156 valence electrons. The molecule has 1 heterocycles. The second kappa shape index (κ2) is 10.3. The van der Waals surface area contributed by atoms with Crippen molar-refractivity contribution in [2.45, 2.75) is 26.7 Å². The van der Waals surface area contributed by atoms with Crippen LogP contribution in [-0.4, -0.2) is 25.5 Å². The van der Waals surface area contributed by atoms with Gasteiger partial charge in [-0.1, -0.05) is 23.7 Å². The molecule has 3 rings (SSSR count). The molecule has 2 aromatic carbocycles. The molecule has 0 unspecified atom stereocenters. The van der Waals surface area contributed by atoms with Crippen LogP contribution < -0.4 is 15.4 Å². The summed E-state index contributed by atoms with van der Waals surface area (Å²) in [5.41, 5.74) is 2.78. The number of piperidine rings is 1. The van der Waals surface area contributed by atoms with E-state index in [9.17, 15) is 10.1 Å². The van der Waals surface area contributed by atoms with Gasteiger partial charge in [-0.25, -0.2) is 0 Å². The molecule has 0 spiro atoms. The van der Waals surface area contributed by atoms with Gasteiger partial charge < -0.3 is 15.4 Å². The highest BCUT2D eigenvalue weighted by Crippen LogP contribution is 2.29. The number of hydrogen-bond acceptors (Lipinski definition) is 4. The monoisotopic (exact) mass is 423 g/mol. The van der Waals surface area contributed by atoms with Gasteiger partial charge in [0.05, 0.1) is 0 Å². The van der Waals surface area contributed by atoms with E-state index in [1.165, 1.54) is 0 Å². The van der Waals surface area contributed by atoms with E-state index in [1.807, 2.05) is 56.3 Å². The van der Waals surface area contributed by atoms with Crippen molar-refractivity contribution in [2.75, 3.05) is 19.6 Å². The smallest absolute Gasteiger partial charge is 0.261 e. The van der Waals surface area contributed by atoms with Crippen molar-refractivity contribution in [2.24, 2.45) is 5.92 Å². The minimum absolute atomic E-state index is 0.0987. The van der Waals surface area contributed by atoms with Crippen molar-refractivity contribution in [3.05, 3.63) is 63.7 Å². The number of rotatable bonds is 6. The number of nitrogens with zero attached hydrogens (tertiary/aromatic N) is 1. The van der Waals surface area contributed by atoms with Gasteiger partial charge in [0.25, 0.3) is 5.91 Å². The van der Waals surface area contributed by atoms with Crippen LogP contribution in [0.2, 0.25) is 5.02 Å². The lowest BCUT2D eigenvalue weighted by Gasteiger charge is -2.22. The fourth-order valence-electron chi connectivity index (χ4n) is 3.47. The second-order valence-electron chi connectivity index (χ2n) is 7.62. The Morgan fingerprint density at radius 1 is 1.20 bits per heavy atom. The molecule has 0 aromatic heterocycles. The van der Waals surface area contributed by atoms with Crippen LogP contribution in [0.15, 0.2) is 42.0 Å². The summed E-state index contributed by atoms with van der Waals surface area (Å²) in [5, 5.41) is 16.3. The Morgan fingerprint density at radius 2 is 1.83 bits per heavy atom. The van der Waals surface area contributed by atoms with E-state index in [0.717, 1.165) is 47.6 Å². The number of halogens is 1. The van der Waals surface area contributed by atoms with Crippen LogP contribution in [0.25, 0.3) is 6.08 Å². The van der Waals surface area contributed by atoms with Gasteiger partial charge in [-0.15, -0.1) is 0 Å². The maximum atomic E-state index is 12.4. The van der Waals surface area contributed by atoms with Crippen molar-refractivity contribution >= 4 is 23.6 Å². The molecule has 30 heavy (non-hydrogen) atoms. The molecule has 6 heteroatoms. The average molecular weight is 424 g/mol. The molecule has 0 bridgehead atoms. The number of carbonyl (C=O) groups excluding carboxylic acids is 1. The zero-order chi connectivity index (χ0) is 21.5. The van der Waals surface area contributed by atoms with Crippen LogP contribution in [0.3, 0.4) is 0 Å². The summed E-state index contributed by atoms with van der Waals surface area (Å²) in [7, 11) is 0. The van der Waals surface area contributed by atoms with Crippen molar-refractivity contribution in [1.29, 1.82) is 5.26 Å². The fraction of sp³-hybridized carbons (Fsp3) is 0.333. The number of benzene rings is 2. The van der Waals surface area contributed by atoms with E-state index in [4.69, 9.17) is 16.3 Å². The third-order valence-electron chi connectivity index (χ3n) is 5.21. The quantitative estimate of drug-likeness (QED) is 0.518. The number of hydrogen-bond donors (Lipinski definition) is 2. The highest BCUT2D eigenvalue weighted by molar-refractivity contribution is 6.32. The first-order valence-electron chi connectivity index (χ1n) is 10.1. The Balaban J connectivity index is 1.63. The molecule has 1 fully saturated rings. The summed E-state index contributed by atoms with van der Waals surface area (Å²) in [4.78, 5) is 12.4. The second-order valence-corrected chi connectivity index (χ2v) is 7.99. The molecule has 1 saturated heterocycles. The minimum Gasteiger partial charge on any atom is -0.457 e. The first kappa shape index (κ1) is 21.9. The average Bonchev–Trinajstić information content (AvgIpc) is 2.76. The zero-order valence-electron chi connectivity index (χ0n) is 17.3. The highest BCUT2D eigenvalue weighted by atomic mass is 35.5. The van der Waals surface area contributed by atoms with E-state index >= 15 is 0 Å². The standard InChI is InChI=1S/C24H26ClN3O2/c1-16-11-22(12-17(2)23(16)25)30-21-5-3-18(4-6-21)13-20(14-26)24(29)28-15-19-7-9-27-10-8-19/h3-6,11-13,19,27H,7-10,15H2,1-2H3,(H,28,29)/b20-13+. The van der Waals surface area contributed by atoms with Crippen molar-refractivity contribution < 1.29 is 9.53 Å². The van der Waals surface area contributed by atoms with Gasteiger partial charge in [0.1, 0.15) is 23.1 Å². The molecule has 1 aliphatic rings. The molecular formula is C24H26ClN3O2. The first-order valence-corrected chi connectivity index (χ1v) is 10.5. The lowest BCUT2D eigenvalue weighted by Crippen LogP contribution is -2.36. The third kappa shape index (κ3) is 5.85. The van der Waals surface area contributed by atoms with Crippen molar-refractivity contribution in [3.63, 3.8) is 0 Å². The predicted molar refractivity (Wildman–Crippen MR) is 120 cm³/mol. The summed E-state index contributed by atoms with van der Waals surface area (Å²) in [6, 6.07) is 13.1. The Bertz CT molecular complexity index is 948. The van der Waals surface area contributed by atoms with E-state index in [1.54, 1.807) is 6.08 Å². The van der Waals surface area contributed by atoms with E-state index < -0.39 is 0 Å². The number of nitriles is 1. The molecule has 0 aliphatic carbocycles. The number of amides is 1. The molecule has 2 aromatic rings. The van der Waals surface area contributed by atoms with Crippen LogP contribution in [0.1, 0.15) is 29.5 Å². The molecule has 5 nitrogen and oxygen atoms in total. The van der Waals surface area contributed by atoms with Gasteiger partial charge in [0, 0.05) is 11.6 Å². The molecule has 2 N–H and O–H groups in total. The number of aryl methyl sites for hydroxylation is 2. The molecule has 0 atom stereocenters. The Hall–Kier alpha value is -2.81. The molecular weight excluding hydrogens is 398 g/mol. The van der Waals surface area contributed by atoms with Crippen molar-refractivity contribution in [3.8, 4) is 17.6 Å². The van der Waals surface area contributed by atoms with Gasteiger partial charge in [-0.05, 0) is 92.7 Å². The van der Waals surface area contributed by atoms with Gasteiger partial charge in [-0.3, -0.25) is 4.79 Å². The maximum absolute atomic E-state index is 12.4. The van der Waals surface area contributed by atoms with E-state index in [2.05, 4.69) is 10.6 Å². The first-order chi connectivity index (χ1) is 14.5. The van der Waals surface area contributed by atoms with Crippen LogP contribution in [0, 0.1) is 31.1 Å². The molecule has 1 amide bonds. The lowest BCUT2D eigenvalue weighted by atomic mass is 9.98. The van der Waals surface area contributed by atoms with Crippen LogP contribution in [0.4, 0.5) is 0 Å². The van der Waals surface area contributed by atoms with Crippen LogP contribution in [0.5, 0.6) is 11.5 Å². The predicted octanol–water partition coefficient (Wildman–Crippen LogP) is 4.77. The molecule has 0 radical (unpaired) electrons.